The van der Waals surface area contributed by atoms with Crippen LogP contribution in [0.5, 0.6) is 0 Å². The second-order valence-corrected chi connectivity index (χ2v) is 5.32. The van der Waals surface area contributed by atoms with Gasteiger partial charge in [-0.25, -0.2) is 9.67 Å². The van der Waals surface area contributed by atoms with E-state index in [0.717, 1.165) is 11.0 Å². The van der Waals surface area contributed by atoms with Crippen LogP contribution in [0.15, 0.2) is 30.6 Å². The Morgan fingerprint density at radius 2 is 2.14 bits per heavy atom. The lowest BCUT2D eigenvalue weighted by molar-refractivity contribution is 0.0778. The third-order valence-corrected chi connectivity index (χ3v) is 3.78. The fraction of sp³-hybridized carbons (Fsp3) is 0.286. The summed E-state index contributed by atoms with van der Waals surface area (Å²) in [5, 5.41) is 4.18. The predicted molar refractivity (Wildman–Crippen MR) is 82.7 cm³/mol. The summed E-state index contributed by atoms with van der Waals surface area (Å²) in [4.78, 5) is 22.1. The number of para-hydroxylation sites is 2. The summed E-state index contributed by atoms with van der Waals surface area (Å²) in [5.41, 5.74) is 1.98. The van der Waals surface area contributed by atoms with Crippen molar-refractivity contribution in [2.75, 3.05) is 13.6 Å². The Kier molecular flexibility index (Phi) is 3.81. The molecule has 0 fully saturated rings. The lowest BCUT2D eigenvalue weighted by Gasteiger charge is -2.15. The van der Waals surface area contributed by atoms with Gasteiger partial charge in [0, 0.05) is 27.2 Å². The number of amides is 1. The fourth-order valence-corrected chi connectivity index (χ4v) is 2.29. The SMILES string of the molecule is CN(CCn1cnc2ccccc21)C(=O)c1nc(Cl)n(C)n1. The summed E-state index contributed by atoms with van der Waals surface area (Å²) in [6.45, 7) is 1.17. The molecule has 0 saturated heterocycles. The van der Waals surface area contributed by atoms with E-state index in [9.17, 15) is 4.79 Å². The third-order valence-electron chi connectivity index (χ3n) is 3.45. The normalized spacial score (nSPS) is 11.0. The van der Waals surface area contributed by atoms with Crippen molar-refractivity contribution < 1.29 is 4.79 Å². The predicted octanol–water partition coefficient (Wildman–Crippen LogP) is 1.59. The van der Waals surface area contributed by atoms with Gasteiger partial charge < -0.3 is 9.47 Å². The molecule has 0 radical (unpaired) electrons. The first-order valence-corrected chi connectivity index (χ1v) is 7.16. The number of likely N-dealkylation sites (N-methyl/N-ethyl adjacent to an activating group) is 1. The number of aromatic nitrogens is 5. The van der Waals surface area contributed by atoms with Gasteiger partial charge in [-0.2, -0.15) is 4.98 Å². The maximum absolute atomic E-state index is 12.2. The number of halogens is 1. The van der Waals surface area contributed by atoms with Crippen LogP contribution in [0.4, 0.5) is 0 Å². The lowest BCUT2D eigenvalue weighted by atomic mass is 10.3. The van der Waals surface area contributed by atoms with E-state index >= 15 is 0 Å². The minimum Gasteiger partial charge on any atom is -0.337 e. The van der Waals surface area contributed by atoms with Crippen LogP contribution < -0.4 is 0 Å². The van der Waals surface area contributed by atoms with Crippen molar-refractivity contribution >= 4 is 28.5 Å². The monoisotopic (exact) mass is 318 g/mol. The Labute approximate surface area is 132 Å². The highest BCUT2D eigenvalue weighted by Crippen LogP contribution is 2.12. The zero-order valence-corrected chi connectivity index (χ0v) is 13.0. The standard InChI is InChI=1S/C14H15ClN6O/c1-19(13(22)12-17-14(15)20(2)18-12)7-8-21-9-16-10-5-3-4-6-11(10)21/h3-6,9H,7-8H2,1-2H3. The van der Waals surface area contributed by atoms with Gasteiger partial charge in [0.25, 0.3) is 5.91 Å². The lowest BCUT2D eigenvalue weighted by Crippen LogP contribution is -2.30. The minimum absolute atomic E-state index is 0.102. The number of hydrogen-bond acceptors (Lipinski definition) is 4. The number of rotatable bonds is 4. The molecule has 0 bridgehead atoms. The van der Waals surface area contributed by atoms with Crippen molar-refractivity contribution in [2.24, 2.45) is 7.05 Å². The van der Waals surface area contributed by atoms with Gasteiger partial charge in [-0.05, 0) is 23.7 Å². The van der Waals surface area contributed by atoms with Crippen LogP contribution in [0.3, 0.4) is 0 Å². The van der Waals surface area contributed by atoms with Gasteiger partial charge >= 0.3 is 0 Å². The van der Waals surface area contributed by atoms with E-state index < -0.39 is 0 Å². The highest BCUT2D eigenvalue weighted by Gasteiger charge is 2.18. The Bertz CT molecular complexity index is 804. The zero-order valence-electron chi connectivity index (χ0n) is 12.3. The van der Waals surface area contributed by atoms with Gasteiger partial charge in [0.2, 0.25) is 11.1 Å². The topological polar surface area (TPSA) is 68.8 Å². The molecule has 0 N–H and O–H groups in total. The second-order valence-electron chi connectivity index (χ2n) is 4.98. The first kappa shape index (κ1) is 14.5. The summed E-state index contributed by atoms with van der Waals surface area (Å²) in [6, 6.07) is 7.88. The molecular weight excluding hydrogens is 304 g/mol. The molecule has 1 amide bonds. The molecule has 0 saturated carbocycles. The smallest absolute Gasteiger partial charge is 0.293 e. The van der Waals surface area contributed by atoms with E-state index in [1.807, 2.05) is 28.8 Å². The molecule has 22 heavy (non-hydrogen) atoms. The molecule has 0 spiro atoms. The Morgan fingerprint density at radius 1 is 1.36 bits per heavy atom. The van der Waals surface area contributed by atoms with Crippen molar-refractivity contribution in [1.82, 2.24) is 29.2 Å². The molecule has 0 aliphatic heterocycles. The Balaban J connectivity index is 1.69. The molecule has 2 aromatic heterocycles. The van der Waals surface area contributed by atoms with Crippen LogP contribution >= 0.6 is 11.6 Å². The molecule has 2 heterocycles. The number of fused-ring (bicyclic) bond motifs is 1. The van der Waals surface area contributed by atoms with Gasteiger partial charge in [0.05, 0.1) is 17.4 Å². The largest absolute Gasteiger partial charge is 0.337 e. The van der Waals surface area contributed by atoms with Crippen LogP contribution in [0.2, 0.25) is 5.28 Å². The average molecular weight is 319 g/mol. The summed E-state index contributed by atoms with van der Waals surface area (Å²) in [7, 11) is 3.36. The van der Waals surface area contributed by atoms with Crippen molar-refractivity contribution in [3.05, 3.63) is 41.7 Å². The van der Waals surface area contributed by atoms with Crippen LogP contribution in [-0.4, -0.2) is 48.7 Å². The summed E-state index contributed by atoms with van der Waals surface area (Å²) < 4.78 is 3.38. The average Bonchev–Trinajstić information content (AvgIpc) is 3.08. The van der Waals surface area contributed by atoms with Gasteiger partial charge in [-0.3, -0.25) is 4.79 Å². The fourth-order valence-electron chi connectivity index (χ4n) is 2.17. The number of nitrogens with zero attached hydrogens (tertiary/aromatic N) is 6. The minimum atomic E-state index is -0.257. The van der Waals surface area contributed by atoms with E-state index in [-0.39, 0.29) is 17.0 Å². The third kappa shape index (κ3) is 2.67. The number of carbonyl (C=O) groups excluding carboxylic acids is 1. The van der Waals surface area contributed by atoms with Crippen LogP contribution in [0.1, 0.15) is 10.6 Å². The van der Waals surface area contributed by atoms with E-state index in [0.29, 0.717) is 13.1 Å². The van der Waals surface area contributed by atoms with E-state index in [1.165, 1.54) is 4.68 Å². The molecule has 114 valence electrons. The highest BCUT2D eigenvalue weighted by atomic mass is 35.5. The van der Waals surface area contributed by atoms with E-state index in [4.69, 9.17) is 11.6 Å². The van der Waals surface area contributed by atoms with Crippen molar-refractivity contribution in [2.45, 2.75) is 6.54 Å². The highest BCUT2D eigenvalue weighted by molar-refractivity contribution is 6.28. The molecule has 7 nitrogen and oxygen atoms in total. The van der Waals surface area contributed by atoms with Crippen LogP contribution in [0.25, 0.3) is 11.0 Å². The number of aryl methyl sites for hydroxylation is 1. The summed E-state index contributed by atoms with van der Waals surface area (Å²) in [6.07, 6.45) is 1.78. The maximum Gasteiger partial charge on any atom is 0.293 e. The maximum atomic E-state index is 12.2. The van der Waals surface area contributed by atoms with Crippen LogP contribution in [-0.2, 0) is 13.6 Å². The first-order valence-electron chi connectivity index (χ1n) is 6.78. The molecule has 0 aliphatic rings. The zero-order chi connectivity index (χ0) is 15.7. The van der Waals surface area contributed by atoms with Gasteiger partial charge in [-0.1, -0.05) is 12.1 Å². The molecule has 0 atom stereocenters. The molecule has 3 rings (SSSR count). The molecule has 3 aromatic rings. The first-order chi connectivity index (χ1) is 10.6. The molecule has 0 aliphatic carbocycles. The quantitative estimate of drug-likeness (QED) is 0.732. The van der Waals surface area contributed by atoms with E-state index in [2.05, 4.69) is 15.1 Å². The van der Waals surface area contributed by atoms with Gasteiger partial charge in [0.1, 0.15) is 0 Å². The van der Waals surface area contributed by atoms with Gasteiger partial charge in [0.15, 0.2) is 0 Å². The van der Waals surface area contributed by atoms with Crippen LogP contribution in [0, 0.1) is 0 Å². The number of imidazole rings is 1. The van der Waals surface area contributed by atoms with Crippen molar-refractivity contribution in [3.63, 3.8) is 0 Å². The summed E-state index contributed by atoms with van der Waals surface area (Å²) >= 11 is 5.81. The number of hydrogen-bond donors (Lipinski definition) is 0. The van der Waals surface area contributed by atoms with Crippen molar-refractivity contribution in [1.29, 1.82) is 0 Å². The Hall–Kier alpha value is -2.41. The van der Waals surface area contributed by atoms with Gasteiger partial charge in [-0.15, -0.1) is 5.10 Å². The van der Waals surface area contributed by atoms with Crippen molar-refractivity contribution in [3.8, 4) is 0 Å². The number of carbonyl (C=O) groups is 1. The van der Waals surface area contributed by atoms with E-state index in [1.54, 1.807) is 25.3 Å². The number of benzene rings is 1. The molecule has 0 unspecified atom stereocenters. The Morgan fingerprint density at radius 3 is 2.86 bits per heavy atom. The molecule has 8 heteroatoms. The summed E-state index contributed by atoms with van der Waals surface area (Å²) in [5.74, 6) is -0.155. The second kappa shape index (κ2) is 5.76. The molecule has 1 aromatic carbocycles. The molecular formula is C14H15ClN6O.